The van der Waals surface area contributed by atoms with Crippen LogP contribution >= 0.6 is 0 Å². The number of hydrogen-bond acceptors (Lipinski definition) is 5. The highest BCUT2D eigenvalue weighted by Gasteiger charge is 2.50. The van der Waals surface area contributed by atoms with E-state index in [9.17, 15) is 14.4 Å². The van der Waals surface area contributed by atoms with Crippen molar-refractivity contribution in [2.75, 3.05) is 26.2 Å². The van der Waals surface area contributed by atoms with Gasteiger partial charge in [0.05, 0.1) is 5.41 Å². The van der Waals surface area contributed by atoms with E-state index in [0.717, 1.165) is 49.2 Å². The van der Waals surface area contributed by atoms with E-state index in [1.54, 1.807) is 18.2 Å². The lowest BCUT2D eigenvalue weighted by atomic mass is 9.68. The molecule has 0 saturated heterocycles. The Hall–Kier alpha value is -2.93. The number of Topliss-reactive ketones (excluding diaryl/α,β-unsaturated/α-hetero) is 1. The summed E-state index contributed by atoms with van der Waals surface area (Å²) in [5.74, 6) is 0.677. The fourth-order valence-electron chi connectivity index (χ4n) is 4.66. The molecule has 1 fully saturated rings. The lowest BCUT2D eigenvalue weighted by Crippen LogP contribution is -2.42. The van der Waals surface area contributed by atoms with Crippen LogP contribution in [0.25, 0.3) is 6.08 Å². The Balaban J connectivity index is 1.62. The van der Waals surface area contributed by atoms with Crippen LogP contribution in [0.5, 0.6) is 5.75 Å². The van der Waals surface area contributed by atoms with Crippen LogP contribution in [0.2, 0.25) is 0 Å². The lowest BCUT2D eigenvalue weighted by Gasteiger charge is -2.35. The highest BCUT2D eigenvalue weighted by atomic mass is 16.5. The summed E-state index contributed by atoms with van der Waals surface area (Å²) in [4.78, 5) is 36.8. The van der Waals surface area contributed by atoms with E-state index < -0.39 is 5.41 Å². The topological polar surface area (TPSA) is 96.5 Å². The average Bonchev–Trinajstić information content (AvgIpc) is 3.10. The first kappa shape index (κ1) is 22.3. The molecule has 1 aromatic carbocycles. The number of amides is 2. The zero-order valence-corrected chi connectivity index (χ0v) is 18.3. The smallest absolute Gasteiger partial charge is 0.243 e. The van der Waals surface area contributed by atoms with Crippen molar-refractivity contribution in [1.82, 2.24) is 16.0 Å². The van der Waals surface area contributed by atoms with Gasteiger partial charge < -0.3 is 20.7 Å². The van der Waals surface area contributed by atoms with Crippen molar-refractivity contribution in [2.24, 2.45) is 0 Å². The van der Waals surface area contributed by atoms with E-state index in [1.807, 2.05) is 24.3 Å². The van der Waals surface area contributed by atoms with Crippen molar-refractivity contribution < 1.29 is 19.1 Å². The van der Waals surface area contributed by atoms with E-state index in [-0.39, 0.29) is 23.7 Å². The quantitative estimate of drug-likeness (QED) is 0.577. The number of nitrogens with one attached hydrogen (secondary N) is 3. The minimum atomic E-state index is -0.516. The highest BCUT2D eigenvalue weighted by molar-refractivity contribution is 5.92. The van der Waals surface area contributed by atoms with Gasteiger partial charge in [0.15, 0.2) is 0 Å². The van der Waals surface area contributed by atoms with E-state index >= 15 is 0 Å². The van der Waals surface area contributed by atoms with Crippen LogP contribution in [-0.2, 0) is 19.8 Å². The summed E-state index contributed by atoms with van der Waals surface area (Å²) in [5, 5.41) is 9.23. The van der Waals surface area contributed by atoms with Gasteiger partial charge in [-0.25, -0.2) is 0 Å². The third-order valence-electron chi connectivity index (χ3n) is 6.45. The summed E-state index contributed by atoms with van der Waals surface area (Å²) in [5.41, 5.74) is 1.34. The molecule has 3 aliphatic rings. The minimum absolute atomic E-state index is 0.122. The second-order valence-electron chi connectivity index (χ2n) is 8.70. The first-order chi connectivity index (χ1) is 15.6. The predicted octanol–water partition coefficient (Wildman–Crippen LogP) is 2.01. The van der Waals surface area contributed by atoms with Gasteiger partial charge >= 0.3 is 0 Å². The van der Waals surface area contributed by atoms with E-state index in [4.69, 9.17) is 4.74 Å². The SMILES string of the molecule is O=C1CC[C@]23C=CC(=O)NCCCCNCCCNC(=O)C=Cc4ccc(c2c4)OC3C1. The lowest BCUT2D eigenvalue weighted by molar-refractivity contribution is -0.123. The molecule has 170 valence electrons. The fourth-order valence-corrected chi connectivity index (χ4v) is 4.66. The maximum Gasteiger partial charge on any atom is 0.243 e. The van der Waals surface area contributed by atoms with Gasteiger partial charge in [-0.3, -0.25) is 14.4 Å². The molecule has 4 rings (SSSR count). The third kappa shape index (κ3) is 5.10. The molecule has 2 aliphatic heterocycles. The number of carbonyl (C=O) groups excluding carboxylic acids is 3. The van der Waals surface area contributed by atoms with Crippen molar-refractivity contribution >= 4 is 23.7 Å². The molecule has 32 heavy (non-hydrogen) atoms. The van der Waals surface area contributed by atoms with Crippen molar-refractivity contribution in [1.29, 1.82) is 0 Å². The molecule has 1 spiro atoms. The first-order valence-corrected chi connectivity index (χ1v) is 11.5. The zero-order chi connectivity index (χ0) is 22.4. The average molecular weight is 438 g/mol. The number of ketones is 1. The summed E-state index contributed by atoms with van der Waals surface area (Å²) in [6.45, 7) is 2.97. The van der Waals surface area contributed by atoms with Crippen LogP contribution in [0.1, 0.15) is 49.7 Å². The maximum atomic E-state index is 12.5. The summed E-state index contributed by atoms with van der Waals surface area (Å²) >= 11 is 0. The van der Waals surface area contributed by atoms with Crippen molar-refractivity contribution in [2.45, 2.75) is 50.0 Å². The molecule has 2 bridgehead atoms. The molecular weight excluding hydrogens is 406 g/mol. The second kappa shape index (κ2) is 10.1. The van der Waals surface area contributed by atoms with E-state index in [1.165, 1.54) is 0 Å². The van der Waals surface area contributed by atoms with E-state index in [2.05, 4.69) is 16.0 Å². The summed E-state index contributed by atoms with van der Waals surface area (Å²) in [6.07, 6.45) is 10.7. The first-order valence-electron chi connectivity index (χ1n) is 11.5. The van der Waals surface area contributed by atoms with Gasteiger partial charge in [0.1, 0.15) is 17.6 Å². The van der Waals surface area contributed by atoms with Crippen LogP contribution < -0.4 is 20.7 Å². The van der Waals surface area contributed by atoms with Crippen LogP contribution in [0.4, 0.5) is 0 Å². The standard InChI is InChI=1S/C25H31N3O4/c29-19-8-10-25-11-9-24(31)27-14-2-1-12-26-13-3-15-28-23(30)7-5-18-4-6-21(20(25)16-18)32-22(25)17-19/h4-7,9,11,16,22,26H,1-3,8,10,12-15,17H2,(H,27,31)(H,28,30)/t22?,25-/m0/s1. The van der Waals surface area contributed by atoms with Gasteiger partial charge in [0, 0.05) is 37.6 Å². The molecule has 2 heterocycles. The molecule has 1 aliphatic carbocycles. The van der Waals surface area contributed by atoms with E-state index in [0.29, 0.717) is 32.4 Å². The minimum Gasteiger partial charge on any atom is -0.488 e. The van der Waals surface area contributed by atoms with Gasteiger partial charge in [0.2, 0.25) is 11.8 Å². The summed E-state index contributed by atoms with van der Waals surface area (Å²) in [7, 11) is 0. The number of fused-ring (bicyclic) bond motifs is 1. The number of ether oxygens (including phenoxy) is 1. The Labute approximate surface area is 188 Å². The number of hydrogen-bond donors (Lipinski definition) is 3. The Morgan fingerprint density at radius 1 is 0.875 bits per heavy atom. The van der Waals surface area contributed by atoms with Gasteiger partial charge in [-0.1, -0.05) is 12.1 Å². The number of benzene rings is 1. The normalized spacial score (nSPS) is 27.1. The van der Waals surface area contributed by atoms with Crippen molar-refractivity contribution in [3.05, 3.63) is 47.6 Å². The fraction of sp³-hybridized carbons (Fsp3) is 0.480. The van der Waals surface area contributed by atoms with Crippen molar-refractivity contribution in [3.63, 3.8) is 0 Å². The maximum absolute atomic E-state index is 12.5. The molecule has 1 aromatic rings. The van der Waals surface area contributed by atoms with Crippen LogP contribution in [0.3, 0.4) is 0 Å². The predicted molar refractivity (Wildman–Crippen MR) is 122 cm³/mol. The third-order valence-corrected chi connectivity index (χ3v) is 6.45. The highest BCUT2D eigenvalue weighted by Crippen LogP contribution is 2.51. The molecule has 2 atom stereocenters. The van der Waals surface area contributed by atoms with Crippen molar-refractivity contribution in [3.8, 4) is 5.75 Å². The van der Waals surface area contributed by atoms with Gasteiger partial charge in [0.25, 0.3) is 0 Å². The van der Waals surface area contributed by atoms with Crippen LogP contribution in [-0.4, -0.2) is 49.9 Å². The molecule has 1 unspecified atom stereocenters. The van der Waals surface area contributed by atoms with Crippen LogP contribution in [0.15, 0.2) is 36.4 Å². The number of carbonyl (C=O) groups is 3. The molecule has 0 aromatic heterocycles. The Morgan fingerprint density at radius 2 is 1.62 bits per heavy atom. The molecule has 1 saturated carbocycles. The molecule has 7 nitrogen and oxygen atoms in total. The Kier molecular flexibility index (Phi) is 7.05. The van der Waals surface area contributed by atoms with Gasteiger partial charge in [-0.15, -0.1) is 0 Å². The Bertz CT molecular complexity index is 939. The molecule has 2 amide bonds. The van der Waals surface area contributed by atoms with Gasteiger partial charge in [-0.2, -0.15) is 0 Å². The molecule has 7 heteroatoms. The Morgan fingerprint density at radius 3 is 2.50 bits per heavy atom. The second-order valence-corrected chi connectivity index (χ2v) is 8.70. The molecule has 3 N–H and O–H groups in total. The number of rotatable bonds is 0. The van der Waals surface area contributed by atoms with Gasteiger partial charge in [-0.05, 0) is 68.6 Å². The monoisotopic (exact) mass is 437 g/mol. The van der Waals surface area contributed by atoms with Crippen LogP contribution in [0, 0.1) is 0 Å². The molecule has 0 radical (unpaired) electrons. The summed E-state index contributed by atoms with van der Waals surface area (Å²) < 4.78 is 6.16. The largest absolute Gasteiger partial charge is 0.488 e. The zero-order valence-electron chi connectivity index (χ0n) is 18.3. The summed E-state index contributed by atoms with van der Waals surface area (Å²) in [6, 6.07) is 5.81. The molecular formula is C25H31N3O4.